The van der Waals surface area contributed by atoms with Crippen molar-refractivity contribution in [3.05, 3.63) is 0 Å². The number of phosphoric ester groups is 6. The fourth-order valence-electron chi connectivity index (χ4n) is 2.29. The predicted molar refractivity (Wildman–Crippen MR) is 153 cm³/mol. The molecule has 0 aromatic heterocycles. The van der Waals surface area contributed by atoms with Crippen LogP contribution in [0.4, 0.5) is 8.78 Å². The van der Waals surface area contributed by atoms with E-state index in [1.165, 1.54) is 0 Å². The zero-order valence-corrected chi connectivity index (χ0v) is 30.4. The van der Waals surface area contributed by atoms with E-state index in [0.29, 0.717) is 0 Å². The summed E-state index contributed by atoms with van der Waals surface area (Å²) in [5, 5.41) is 8.79. The number of aliphatic hydroxyl groups excluding tert-OH is 1. The highest BCUT2D eigenvalue weighted by Crippen LogP contribution is 2.48. The zero-order valence-electron chi connectivity index (χ0n) is 25.0. The topological polar surface area (TPSA) is 366 Å². The molecule has 7 atom stereocenters. The average Bonchev–Trinajstić information content (AvgIpc) is 2.98. The zero-order chi connectivity index (χ0) is 37.8. The third-order valence-corrected chi connectivity index (χ3v) is 10.00. The van der Waals surface area contributed by atoms with Crippen molar-refractivity contribution in [3.8, 4) is 0 Å². The third kappa shape index (κ3) is 28.6. The van der Waals surface area contributed by atoms with Gasteiger partial charge in [-0.05, 0) is 0 Å². The van der Waals surface area contributed by atoms with Gasteiger partial charge in [0.2, 0.25) is 0 Å². The molecule has 33 heteroatoms. The van der Waals surface area contributed by atoms with Gasteiger partial charge in [-0.3, -0.25) is 58.5 Å². The van der Waals surface area contributed by atoms with Crippen LogP contribution in [0.1, 0.15) is 0 Å². The van der Waals surface area contributed by atoms with Crippen LogP contribution < -0.4 is 0 Å². The molecule has 0 radical (unpaired) electrons. The van der Waals surface area contributed by atoms with Crippen molar-refractivity contribution >= 4 is 46.9 Å². The molecule has 0 heterocycles. The number of hydrogen-bond donors (Lipinski definition) is 8. The first-order chi connectivity index (χ1) is 22.5. The van der Waals surface area contributed by atoms with Gasteiger partial charge in [-0.15, -0.1) is 0 Å². The minimum Gasteiger partial charge on any atom is -0.396 e. The highest BCUT2D eigenvalue weighted by Gasteiger charge is 2.29. The van der Waals surface area contributed by atoms with E-state index in [2.05, 4.69) is 49.8 Å². The predicted octanol–water partition coefficient (Wildman–Crippen LogP) is 0.927. The lowest BCUT2D eigenvalue weighted by molar-refractivity contribution is 0.0701. The Bertz CT molecular complexity index is 1220. The van der Waals surface area contributed by atoms with Crippen molar-refractivity contribution in [2.24, 2.45) is 11.8 Å². The van der Waals surface area contributed by atoms with Gasteiger partial charge in [-0.1, -0.05) is 0 Å². The van der Waals surface area contributed by atoms with Gasteiger partial charge < -0.3 is 39.4 Å². The fraction of sp³-hybridized carbons (Fsp3) is 1.00. The maximum Gasteiger partial charge on any atom is 0.472 e. The molecule has 0 bridgehead atoms. The molecule has 296 valence electrons. The van der Waals surface area contributed by atoms with Gasteiger partial charge in [0, 0.05) is 11.8 Å². The summed E-state index contributed by atoms with van der Waals surface area (Å²) in [4.78, 5) is 64.7. The van der Waals surface area contributed by atoms with Crippen LogP contribution in [0, 0.1) is 11.8 Å². The van der Waals surface area contributed by atoms with Crippen molar-refractivity contribution in [3.63, 3.8) is 0 Å². The summed E-state index contributed by atoms with van der Waals surface area (Å²) in [5.41, 5.74) is 0. The summed E-state index contributed by atoms with van der Waals surface area (Å²) in [5.74, 6) is -2.43. The maximum absolute atomic E-state index is 12.8. The van der Waals surface area contributed by atoms with Gasteiger partial charge in [0.25, 0.3) is 0 Å². The van der Waals surface area contributed by atoms with Gasteiger partial charge in [-0.25, -0.2) is 27.4 Å². The number of rotatable bonds is 32. The van der Waals surface area contributed by atoms with Crippen molar-refractivity contribution in [2.75, 3.05) is 92.6 Å². The first-order valence-electron chi connectivity index (χ1n) is 13.0. The normalized spacial score (nSPS) is 20.0. The summed E-state index contributed by atoms with van der Waals surface area (Å²) in [7, 11) is -29.1. The van der Waals surface area contributed by atoms with Crippen LogP contribution >= 0.6 is 46.9 Å². The molecule has 0 amide bonds. The molecule has 0 aromatic rings. The minimum atomic E-state index is -4.93. The molecule has 25 nitrogen and oxygen atoms in total. The molecule has 0 saturated heterocycles. The van der Waals surface area contributed by atoms with E-state index in [1.807, 2.05) is 0 Å². The van der Waals surface area contributed by atoms with Crippen LogP contribution in [0.3, 0.4) is 0 Å². The summed E-state index contributed by atoms with van der Waals surface area (Å²) in [6.07, 6.45) is 0. The molecule has 49 heavy (non-hydrogen) atoms. The summed E-state index contributed by atoms with van der Waals surface area (Å²) < 4.78 is 143. The Morgan fingerprint density at radius 2 is 0.612 bits per heavy atom. The van der Waals surface area contributed by atoms with Crippen LogP contribution in [-0.2, 0) is 77.2 Å². The van der Waals surface area contributed by atoms with Gasteiger partial charge in [0.05, 0.1) is 92.6 Å². The standard InChI is InChI=1S/C16H38F2O25P6/c17-9-15(11-19)12-42-48(29,30)39-7-5-37-46(25,26)35-3-1-33-45(23,24)34-2-4-36-47(27,28)38-6-8-40-49(31,32)43-14-16(10-18)13-41-44(20,21)22/h15-16,19H,1-14H2,(H,23,24)(H,25,26)(H,27,28)(H,29,30)(H,31,32)(H2,20,21,22). The second-order valence-corrected chi connectivity index (χ2v) is 17.1. The minimum absolute atomic E-state index is 0.655. The molecule has 0 fully saturated rings. The SMILES string of the molecule is O=P(O)(O)OCC(CF)COP(=O)(O)OCCOP(=O)(O)OCCOP(=O)(O)OCCOP(=O)(O)OCCOP(=O)(O)OCC(CO)CF. The van der Waals surface area contributed by atoms with E-state index >= 15 is 0 Å². The quantitative estimate of drug-likeness (QED) is 0.0344. The van der Waals surface area contributed by atoms with Crippen molar-refractivity contribution in [1.29, 1.82) is 0 Å². The van der Waals surface area contributed by atoms with E-state index in [1.54, 1.807) is 0 Å². The Morgan fingerprint density at radius 1 is 0.388 bits per heavy atom. The van der Waals surface area contributed by atoms with E-state index in [9.17, 15) is 60.6 Å². The molecule has 0 aliphatic heterocycles. The van der Waals surface area contributed by atoms with E-state index in [-0.39, 0.29) is 0 Å². The van der Waals surface area contributed by atoms with Crippen molar-refractivity contribution < 1.29 is 125 Å². The summed E-state index contributed by atoms with van der Waals surface area (Å²) >= 11 is 0. The van der Waals surface area contributed by atoms with Crippen LogP contribution in [0.25, 0.3) is 0 Å². The Labute approximate surface area is 276 Å². The fourth-order valence-corrected chi connectivity index (χ4v) is 6.31. The number of aliphatic hydroxyl groups is 1. The first-order valence-corrected chi connectivity index (χ1v) is 22.0. The van der Waals surface area contributed by atoms with Crippen molar-refractivity contribution in [1.82, 2.24) is 0 Å². The number of phosphoric acid groups is 6. The molecular formula is C16H38F2O25P6. The Balaban J connectivity index is 4.22. The van der Waals surface area contributed by atoms with Gasteiger partial charge in [0.1, 0.15) is 0 Å². The number of halogens is 2. The lowest BCUT2D eigenvalue weighted by atomic mass is 10.2. The smallest absolute Gasteiger partial charge is 0.396 e. The maximum atomic E-state index is 12.8. The lowest BCUT2D eigenvalue weighted by Crippen LogP contribution is -2.17. The highest BCUT2D eigenvalue weighted by molar-refractivity contribution is 7.48. The molecular weight excluding hydrogens is 816 g/mol. The summed E-state index contributed by atoms with van der Waals surface area (Å²) in [6.45, 7) is -12.0. The molecule has 7 unspecified atom stereocenters. The largest absolute Gasteiger partial charge is 0.472 e. The van der Waals surface area contributed by atoms with Gasteiger partial charge in [-0.2, -0.15) is 0 Å². The molecule has 0 aliphatic rings. The Kier molecular flexibility index (Phi) is 24.2. The van der Waals surface area contributed by atoms with E-state index in [0.717, 1.165) is 0 Å². The lowest BCUT2D eigenvalue weighted by Gasteiger charge is -2.17. The average molecular weight is 854 g/mol. The van der Waals surface area contributed by atoms with E-state index in [4.69, 9.17) is 14.9 Å². The van der Waals surface area contributed by atoms with Crippen molar-refractivity contribution in [2.45, 2.75) is 0 Å². The number of hydrogen-bond acceptors (Lipinski definition) is 18. The van der Waals surface area contributed by atoms with E-state index < -0.39 is 151 Å². The molecule has 0 rings (SSSR count). The molecule has 0 aromatic carbocycles. The second-order valence-electron chi connectivity index (χ2n) is 8.61. The van der Waals surface area contributed by atoms with Gasteiger partial charge in [0.15, 0.2) is 0 Å². The number of alkyl halides is 2. The molecule has 0 aliphatic carbocycles. The Hall–Kier alpha value is 0.480. The Morgan fingerprint density at radius 3 is 0.837 bits per heavy atom. The molecule has 0 spiro atoms. The van der Waals surface area contributed by atoms with Crippen LogP contribution in [0.5, 0.6) is 0 Å². The second kappa shape index (κ2) is 24.0. The molecule has 8 N–H and O–H groups in total. The van der Waals surface area contributed by atoms with Crippen LogP contribution in [0.2, 0.25) is 0 Å². The first kappa shape index (κ1) is 49.5. The monoisotopic (exact) mass is 854 g/mol. The third-order valence-electron chi connectivity index (χ3n) is 4.49. The van der Waals surface area contributed by atoms with Crippen LogP contribution in [0.15, 0.2) is 0 Å². The molecule has 0 saturated carbocycles. The highest BCUT2D eigenvalue weighted by atomic mass is 31.2. The summed E-state index contributed by atoms with van der Waals surface area (Å²) in [6, 6.07) is 0. The van der Waals surface area contributed by atoms with Gasteiger partial charge >= 0.3 is 46.9 Å². The van der Waals surface area contributed by atoms with Crippen LogP contribution in [-0.4, -0.2) is 132 Å².